The highest BCUT2D eigenvalue weighted by atomic mass is 32.1. The normalized spacial score (nSPS) is 16.7. The summed E-state index contributed by atoms with van der Waals surface area (Å²) in [7, 11) is 0. The molecular weight excluding hydrogens is 348 g/mol. The summed E-state index contributed by atoms with van der Waals surface area (Å²) in [6.45, 7) is 0.820. The van der Waals surface area contributed by atoms with Crippen LogP contribution in [0.25, 0.3) is 0 Å². The molecule has 132 valence electrons. The van der Waals surface area contributed by atoms with Gasteiger partial charge in [-0.05, 0) is 36.4 Å². The Labute approximate surface area is 147 Å². The van der Waals surface area contributed by atoms with Crippen LogP contribution in [0.1, 0.15) is 17.7 Å². The number of urea groups is 1. The molecule has 1 aromatic carbocycles. The minimum absolute atomic E-state index is 0.115. The lowest BCUT2D eigenvalue weighted by molar-refractivity contribution is -0.124. The van der Waals surface area contributed by atoms with Gasteiger partial charge in [0.15, 0.2) is 0 Å². The zero-order valence-corrected chi connectivity index (χ0v) is 14.1. The van der Waals surface area contributed by atoms with Crippen LogP contribution >= 0.6 is 11.3 Å². The van der Waals surface area contributed by atoms with Gasteiger partial charge in [0, 0.05) is 17.5 Å². The Morgan fingerprint density at radius 2 is 2.12 bits per heavy atom. The van der Waals surface area contributed by atoms with Crippen LogP contribution in [0.5, 0.6) is 0 Å². The highest BCUT2D eigenvalue weighted by Gasteiger charge is 2.34. The molecular formula is C17H17F2N3O2S. The topological polar surface area (TPSA) is 61.4 Å². The average Bonchev–Trinajstić information content (AvgIpc) is 3.26. The van der Waals surface area contributed by atoms with Crippen molar-refractivity contribution in [3.05, 3.63) is 52.2 Å². The van der Waals surface area contributed by atoms with Crippen molar-refractivity contribution in [3.8, 4) is 0 Å². The van der Waals surface area contributed by atoms with Crippen LogP contribution in [-0.2, 0) is 11.3 Å². The fourth-order valence-electron chi connectivity index (χ4n) is 2.77. The molecule has 8 heteroatoms. The predicted octanol–water partition coefficient (Wildman–Crippen LogP) is 3.34. The maximum absolute atomic E-state index is 13.7. The van der Waals surface area contributed by atoms with E-state index >= 15 is 0 Å². The lowest BCUT2D eigenvalue weighted by atomic mass is 10.2. The first kappa shape index (κ1) is 17.3. The van der Waals surface area contributed by atoms with Crippen LogP contribution in [0.15, 0.2) is 35.7 Å². The lowest BCUT2D eigenvalue weighted by Crippen LogP contribution is -2.47. The largest absolute Gasteiger partial charge is 0.349 e. The lowest BCUT2D eigenvalue weighted by Gasteiger charge is -2.24. The minimum atomic E-state index is -0.855. The summed E-state index contributed by atoms with van der Waals surface area (Å²) >= 11 is 1.54. The molecule has 2 N–H and O–H groups in total. The molecule has 1 unspecified atom stereocenters. The summed E-state index contributed by atoms with van der Waals surface area (Å²) in [5, 5.41) is 7.15. The molecule has 0 radical (unpaired) electrons. The Hall–Kier alpha value is -2.48. The van der Waals surface area contributed by atoms with Crippen LogP contribution < -0.4 is 10.6 Å². The van der Waals surface area contributed by atoms with Crippen molar-refractivity contribution in [3.63, 3.8) is 0 Å². The summed E-state index contributed by atoms with van der Waals surface area (Å²) < 4.78 is 26.6. The van der Waals surface area contributed by atoms with E-state index in [-0.39, 0.29) is 11.6 Å². The van der Waals surface area contributed by atoms with Crippen LogP contribution in [0.2, 0.25) is 0 Å². The molecule has 0 spiro atoms. The van der Waals surface area contributed by atoms with Gasteiger partial charge < -0.3 is 15.5 Å². The van der Waals surface area contributed by atoms with Crippen molar-refractivity contribution < 1.29 is 18.4 Å². The zero-order valence-electron chi connectivity index (χ0n) is 13.3. The van der Waals surface area contributed by atoms with Gasteiger partial charge in [-0.1, -0.05) is 6.07 Å². The summed E-state index contributed by atoms with van der Waals surface area (Å²) in [4.78, 5) is 27.1. The number of hydrogen-bond acceptors (Lipinski definition) is 3. The second kappa shape index (κ2) is 7.60. The fraction of sp³-hybridized carbons (Fsp3) is 0.294. The van der Waals surface area contributed by atoms with Crippen molar-refractivity contribution in [1.82, 2.24) is 10.2 Å². The van der Waals surface area contributed by atoms with Crippen molar-refractivity contribution in [1.29, 1.82) is 0 Å². The van der Waals surface area contributed by atoms with Crippen molar-refractivity contribution >= 4 is 29.0 Å². The van der Waals surface area contributed by atoms with Gasteiger partial charge in [0.25, 0.3) is 0 Å². The molecule has 2 aromatic rings. The Balaban J connectivity index is 1.61. The highest BCUT2D eigenvalue weighted by molar-refractivity contribution is 7.09. The van der Waals surface area contributed by atoms with Crippen molar-refractivity contribution in [2.45, 2.75) is 25.4 Å². The number of hydrogen-bond donors (Lipinski definition) is 2. The van der Waals surface area contributed by atoms with Crippen molar-refractivity contribution in [2.75, 3.05) is 11.9 Å². The van der Waals surface area contributed by atoms with Gasteiger partial charge in [0.1, 0.15) is 17.7 Å². The number of rotatable bonds is 4. The number of likely N-dealkylation sites (tertiary alicyclic amines) is 1. The molecule has 5 nitrogen and oxygen atoms in total. The molecule has 1 aliphatic heterocycles. The molecule has 0 saturated carbocycles. The first-order chi connectivity index (χ1) is 12.0. The van der Waals surface area contributed by atoms with E-state index in [1.54, 1.807) is 0 Å². The number of thiophene rings is 1. The van der Waals surface area contributed by atoms with E-state index in [1.807, 2.05) is 17.5 Å². The van der Waals surface area contributed by atoms with Crippen LogP contribution in [0.3, 0.4) is 0 Å². The first-order valence-electron chi connectivity index (χ1n) is 7.87. The molecule has 3 rings (SSSR count). The Bertz CT molecular complexity index is 767. The minimum Gasteiger partial charge on any atom is -0.349 e. The third-order valence-electron chi connectivity index (χ3n) is 4.01. The van der Waals surface area contributed by atoms with E-state index in [2.05, 4.69) is 10.6 Å². The maximum atomic E-state index is 13.7. The second-order valence-electron chi connectivity index (χ2n) is 5.70. The van der Waals surface area contributed by atoms with E-state index < -0.39 is 23.7 Å². The summed E-state index contributed by atoms with van der Waals surface area (Å²) in [5.74, 6) is -1.81. The monoisotopic (exact) mass is 365 g/mol. The molecule has 2 heterocycles. The predicted molar refractivity (Wildman–Crippen MR) is 91.3 cm³/mol. The number of nitrogens with zero attached hydrogens (tertiary/aromatic N) is 1. The molecule has 3 amide bonds. The number of nitrogens with one attached hydrogen (secondary N) is 2. The number of carbonyl (C=O) groups is 2. The molecule has 1 fully saturated rings. The second-order valence-corrected chi connectivity index (χ2v) is 6.74. The SMILES string of the molecule is O=C(NCc1cccs1)C1CCCN1C(=O)Nc1ccc(F)cc1F. The summed E-state index contributed by atoms with van der Waals surface area (Å²) in [5.41, 5.74) is -0.115. The molecule has 1 aromatic heterocycles. The van der Waals surface area contributed by atoms with E-state index in [0.717, 1.165) is 17.0 Å². The molecule has 1 atom stereocenters. The number of amides is 3. The molecule has 1 aliphatic rings. The zero-order chi connectivity index (χ0) is 17.8. The summed E-state index contributed by atoms with van der Waals surface area (Å²) in [6.07, 6.45) is 1.24. The van der Waals surface area contributed by atoms with E-state index in [0.29, 0.717) is 32.0 Å². The van der Waals surface area contributed by atoms with Crippen molar-refractivity contribution in [2.24, 2.45) is 0 Å². The van der Waals surface area contributed by atoms with Gasteiger partial charge in [-0.3, -0.25) is 4.79 Å². The van der Waals surface area contributed by atoms with Crippen LogP contribution in [-0.4, -0.2) is 29.4 Å². The van der Waals surface area contributed by atoms with Crippen LogP contribution in [0.4, 0.5) is 19.3 Å². The molecule has 25 heavy (non-hydrogen) atoms. The average molecular weight is 365 g/mol. The Kier molecular flexibility index (Phi) is 5.28. The number of halogens is 2. The third-order valence-corrected chi connectivity index (χ3v) is 4.88. The number of carbonyl (C=O) groups excluding carboxylic acids is 2. The summed E-state index contributed by atoms with van der Waals surface area (Å²) in [6, 6.07) is 5.58. The van der Waals surface area contributed by atoms with Gasteiger partial charge in [-0.15, -0.1) is 11.3 Å². The standard InChI is InChI=1S/C17H17F2N3O2S/c18-11-5-6-14(13(19)9-11)21-17(24)22-7-1-4-15(22)16(23)20-10-12-3-2-8-25-12/h2-3,5-6,8-9,15H,1,4,7,10H2,(H,20,23)(H,21,24). The van der Waals surface area contributed by atoms with Gasteiger partial charge in [-0.2, -0.15) is 0 Å². The number of benzene rings is 1. The van der Waals surface area contributed by atoms with Gasteiger partial charge >= 0.3 is 6.03 Å². The number of anilines is 1. The highest BCUT2D eigenvalue weighted by Crippen LogP contribution is 2.21. The maximum Gasteiger partial charge on any atom is 0.322 e. The molecule has 0 bridgehead atoms. The third kappa shape index (κ3) is 4.14. The molecule has 1 saturated heterocycles. The van der Waals surface area contributed by atoms with E-state index in [4.69, 9.17) is 0 Å². The smallest absolute Gasteiger partial charge is 0.322 e. The van der Waals surface area contributed by atoms with Gasteiger partial charge in [0.05, 0.1) is 12.2 Å². The fourth-order valence-corrected chi connectivity index (χ4v) is 3.41. The Morgan fingerprint density at radius 1 is 1.28 bits per heavy atom. The first-order valence-corrected chi connectivity index (χ1v) is 8.75. The van der Waals surface area contributed by atoms with Gasteiger partial charge in [0.2, 0.25) is 5.91 Å². The van der Waals surface area contributed by atoms with Crippen LogP contribution in [0, 0.1) is 11.6 Å². The quantitative estimate of drug-likeness (QED) is 0.873. The van der Waals surface area contributed by atoms with E-state index in [1.165, 1.54) is 16.2 Å². The van der Waals surface area contributed by atoms with E-state index in [9.17, 15) is 18.4 Å². The Morgan fingerprint density at radius 3 is 2.84 bits per heavy atom. The van der Waals surface area contributed by atoms with Gasteiger partial charge in [-0.25, -0.2) is 13.6 Å². The molecule has 0 aliphatic carbocycles.